The fourth-order valence-electron chi connectivity index (χ4n) is 2.56. The Kier molecular flexibility index (Phi) is 4.53. The van der Waals surface area contributed by atoms with Crippen LogP contribution in [0.3, 0.4) is 0 Å². The third-order valence-corrected chi connectivity index (χ3v) is 5.59. The van der Waals surface area contributed by atoms with Crippen LogP contribution in [0.5, 0.6) is 0 Å². The van der Waals surface area contributed by atoms with Gasteiger partial charge in [0.05, 0.1) is 5.69 Å². The van der Waals surface area contributed by atoms with Gasteiger partial charge < -0.3 is 0 Å². The number of halogens is 2. The predicted octanol–water partition coefficient (Wildman–Crippen LogP) is 4.65. The number of hydrogen-bond donors (Lipinski definition) is 0. The van der Waals surface area contributed by atoms with Crippen molar-refractivity contribution < 1.29 is 0 Å². The molecule has 0 atom stereocenters. The van der Waals surface area contributed by atoms with E-state index in [4.69, 9.17) is 23.2 Å². The fraction of sp³-hybridized carbons (Fsp3) is 0.312. The van der Waals surface area contributed by atoms with E-state index in [9.17, 15) is 0 Å². The van der Waals surface area contributed by atoms with Gasteiger partial charge in [-0.15, -0.1) is 34.5 Å². The van der Waals surface area contributed by atoms with E-state index < -0.39 is 0 Å². The van der Waals surface area contributed by atoms with Crippen molar-refractivity contribution in [1.82, 2.24) is 9.38 Å². The van der Waals surface area contributed by atoms with Crippen LogP contribution in [0.15, 0.2) is 48.1 Å². The van der Waals surface area contributed by atoms with Crippen molar-refractivity contribution in [2.45, 2.75) is 12.8 Å². The topological polar surface area (TPSA) is 17.3 Å². The highest BCUT2D eigenvalue weighted by atomic mass is 35.5. The summed E-state index contributed by atoms with van der Waals surface area (Å²) >= 11 is 14.2. The van der Waals surface area contributed by atoms with Crippen molar-refractivity contribution in [1.29, 1.82) is 0 Å². The van der Waals surface area contributed by atoms with E-state index in [0.29, 0.717) is 11.8 Å². The lowest BCUT2D eigenvalue weighted by Gasteiger charge is -2.29. The zero-order chi connectivity index (χ0) is 14.7. The third-order valence-electron chi connectivity index (χ3n) is 3.69. The number of imidazole rings is 1. The second-order valence-corrected chi connectivity index (χ2v) is 6.84. The number of hydrogen-bond acceptors (Lipinski definition) is 2. The molecule has 0 fully saturated rings. The molecule has 0 radical (unpaired) electrons. The number of alkyl halides is 2. The molecule has 2 heterocycles. The number of nitrogens with zero attached hydrogens (tertiary/aromatic N) is 2. The molecule has 3 aromatic rings. The largest absolute Gasteiger partial charge is 0.297 e. The first kappa shape index (κ1) is 14.9. The average Bonchev–Trinajstić information content (AvgIpc) is 3.08. The second-order valence-electron chi connectivity index (χ2n) is 5.43. The Hall–Kier alpha value is -1.03. The Morgan fingerprint density at radius 3 is 2.52 bits per heavy atom. The highest BCUT2D eigenvalue weighted by molar-refractivity contribution is 7.15. The zero-order valence-electron chi connectivity index (χ0n) is 11.5. The number of thiazole rings is 1. The van der Waals surface area contributed by atoms with Gasteiger partial charge in [-0.05, 0) is 18.4 Å². The highest BCUT2D eigenvalue weighted by Gasteiger charge is 2.30. The van der Waals surface area contributed by atoms with E-state index in [1.807, 2.05) is 17.6 Å². The smallest absolute Gasteiger partial charge is 0.193 e. The molecular weight excluding hydrogens is 323 g/mol. The maximum absolute atomic E-state index is 6.28. The van der Waals surface area contributed by atoms with E-state index in [1.165, 1.54) is 5.56 Å². The molecule has 0 unspecified atom stereocenters. The number of rotatable bonds is 6. The summed E-state index contributed by atoms with van der Waals surface area (Å²) < 4.78 is 2.05. The van der Waals surface area contributed by atoms with Crippen LogP contribution in [0.2, 0.25) is 0 Å². The van der Waals surface area contributed by atoms with Crippen LogP contribution in [0.4, 0.5) is 0 Å². The molecule has 0 N–H and O–H groups in total. The Morgan fingerprint density at radius 1 is 1.10 bits per heavy atom. The highest BCUT2D eigenvalue weighted by Crippen LogP contribution is 2.31. The molecule has 2 nitrogen and oxygen atoms in total. The molecule has 2 aromatic heterocycles. The quantitative estimate of drug-likeness (QED) is 0.598. The van der Waals surface area contributed by atoms with E-state index in [2.05, 4.69) is 39.8 Å². The van der Waals surface area contributed by atoms with E-state index >= 15 is 0 Å². The van der Waals surface area contributed by atoms with Crippen LogP contribution < -0.4 is 0 Å². The van der Waals surface area contributed by atoms with Crippen LogP contribution in [0, 0.1) is 5.41 Å². The summed E-state index contributed by atoms with van der Waals surface area (Å²) in [5.41, 5.74) is 2.16. The Morgan fingerprint density at radius 2 is 1.86 bits per heavy atom. The first-order valence-electron chi connectivity index (χ1n) is 6.82. The summed E-state index contributed by atoms with van der Waals surface area (Å²) in [7, 11) is 0. The Bertz CT molecular complexity index is 673. The van der Waals surface area contributed by atoms with Crippen molar-refractivity contribution in [3.8, 4) is 0 Å². The normalized spacial score (nSPS) is 12.1. The van der Waals surface area contributed by atoms with E-state index in [-0.39, 0.29) is 5.41 Å². The maximum Gasteiger partial charge on any atom is 0.193 e. The van der Waals surface area contributed by atoms with Gasteiger partial charge in [0.2, 0.25) is 0 Å². The number of aromatic nitrogens is 2. The van der Waals surface area contributed by atoms with Crippen molar-refractivity contribution in [3.05, 3.63) is 59.4 Å². The van der Waals surface area contributed by atoms with Gasteiger partial charge in [0.25, 0.3) is 0 Å². The average molecular weight is 339 g/mol. The first-order valence-corrected chi connectivity index (χ1v) is 8.76. The molecule has 0 aliphatic carbocycles. The summed E-state index contributed by atoms with van der Waals surface area (Å²) in [6.07, 6.45) is 5.76. The summed E-state index contributed by atoms with van der Waals surface area (Å²) in [4.78, 5) is 5.68. The van der Waals surface area contributed by atoms with Gasteiger partial charge in [0.1, 0.15) is 0 Å². The van der Waals surface area contributed by atoms with E-state index in [0.717, 1.165) is 23.5 Å². The fourth-order valence-corrected chi connectivity index (χ4v) is 3.94. The van der Waals surface area contributed by atoms with Gasteiger partial charge in [-0.3, -0.25) is 4.40 Å². The lowest BCUT2D eigenvalue weighted by molar-refractivity contribution is 0.370. The summed E-state index contributed by atoms with van der Waals surface area (Å²) in [6.45, 7) is 0. The van der Waals surface area contributed by atoms with E-state index in [1.54, 1.807) is 11.3 Å². The summed E-state index contributed by atoms with van der Waals surface area (Å²) in [5.74, 6) is 1.05. The molecule has 0 saturated heterocycles. The molecule has 0 aliphatic rings. The molecule has 3 rings (SSSR count). The summed E-state index contributed by atoms with van der Waals surface area (Å²) in [5, 5.41) is 2.03. The second kappa shape index (κ2) is 6.39. The monoisotopic (exact) mass is 338 g/mol. The first-order chi connectivity index (χ1) is 10.2. The maximum atomic E-state index is 6.28. The van der Waals surface area contributed by atoms with Crippen molar-refractivity contribution in [3.63, 3.8) is 0 Å². The van der Waals surface area contributed by atoms with Crippen molar-refractivity contribution in [2.75, 3.05) is 11.8 Å². The number of fused-ring (bicyclic) bond motifs is 1. The zero-order valence-corrected chi connectivity index (χ0v) is 13.8. The molecule has 110 valence electrons. The molecule has 0 saturated carbocycles. The van der Waals surface area contributed by atoms with Crippen molar-refractivity contribution in [2.24, 2.45) is 5.41 Å². The molecule has 0 bridgehead atoms. The van der Waals surface area contributed by atoms with Gasteiger partial charge in [0, 0.05) is 34.9 Å². The predicted molar refractivity (Wildman–Crippen MR) is 90.8 cm³/mol. The molecule has 0 aliphatic heterocycles. The standard InChI is InChI=1S/C16H16Cl2N2S/c17-11-16(12-18,8-13-4-2-1-3-5-13)9-14-10-20-6-7-21-15(20)19-14/h1-7,10H,8-9,11-12H2. The van der Waals surface area contributed by atoms with Gasteiger partial charge in [-0.25, -0.2) is 4.98 Å². The van der Waals surface area contributed by atoms with Gasteiger partial charge in [-0.1, -0.05) is 30.3 Å². The van der Waals surface area contributed by atoms with Crippen molar-refractivity contribution >= 4 is 39.5 Å². The van der Waals surface area contributed by atoms with Crippen LogP contribution in [-0.2, 0) is 12.8 Å². The SMILES string of the molecule is ClCC(CCl)(Cc1ccccc1)Cc1cn2ccsc2n1. The summed E-state index contributed by atoms with van der Waals surface area (Å²) in [6, 6.07) is 10.4. The molecule has 21 heavy (non-hydrogen) atoms. The molecular formula is C16H16Cl2N2S. The lowest BCUT2D eigenvalue weighted by Crippen LogP contribution is -2.31. The van der Waals surface area contributed by atoms with Gasteiger partial charge in [0.15, 0.2) is 4.96 Å². The van der Waals surface area contributed by atoms with Crippen LogP contribution >= 0.6 is 34.5 Å². The molecule has 0 amide bonds. The van der Waals surface area contributed by atoms with Crippen LogP contribution in [0.25, 0.3) is 4.96 Å². The lowest BCUT2D eigenvalue weighted by atomic mass is 9.81. The molecule has 0 spiro atoms. The minimum absolute atomic E-state index is 0.158. The Labute approximate surface area is 138 Å². The number of benzene rings is 1. The van der Waals surface area contributed by atoms with Crippen LogP contribution in [0.1, 0.15) is 11.3 Å². The minimum atomic E-state index is -0.158. The van der Waals surface area contributed by atoms with Gasteiger partial charge in [-0.2, -0.15) is 0 Å². The van der Waals surface area contributed by atoms with Crippen LogP contribution in [-0.4, -0.2) is 21.1 Å². The minimum Gasteiger partial charge on any atom is -0.297 e. The Balaban J connectivity index is 1.84. The molecule has 5 heteroatoms. The third kappa shape index (κ3) is 3.25. The molecule has 1 aromatic carbocycles. The van der Waals surface area contributed by atoms with Gasteiger partial charge >= 0.3 is 0 Å².